The molecule has 1 aliphatic heterocycles. The first-order chi connectivity index (χ1) is 32.3. The molecule has 9 heteroatoms. The number of hydrogen-bond donors (Lipinski definition) is 6. The second kappa shape index (κ2) is 45.9. The third-order valence-corrected chi connectivity index (χ3v) is 11.9. The highest BCUT2D eigenvalue weighted by Crippen LogP contribution is 2.22. The van der Waals surface area contributed by atoms with Crippen LogP contribution < -0.4 is 5.32 Å². The number of aliphatic hydroxyl groups is 5. The van der Waals surface area contributed by atoms with E-state index in [9.17, 15) is 30.3 Å². The van der Waals surface area contributed by atoms with Crippen molar-refractivity contribution in [2.24, 2.45) is 0 Å². The van der Waals surface area contributed by atoms with Crippen LogP contribution in [0.4, 0.5) is 0 Å². The van der Waals surface area contributed by atoms with Gasteiger partial charge in [0.25, 0.3) is 0 Å². The van der Waals surface area contributed by atoms with Crippen molar-refractivity contribution in [2.45, 2.75) is 243 Å². The standard InChI is InChI=1S/C57H97NO8/c1-3-5-7-9-11-13-15-17-19-21-23-24-25-26-27-28-29-31-33-35-37-39-41-43-45-47-53(61)58-50(49-65-57-56(64)55(63)54(62)52(48-59)66-57)51(60)46-44-42-40-38-36-34-32-30-22-20-18-16-14-12-10-8-6-4-2/h5,7,11,13,17,19,22-24,26-27,30,36,38,44,46,50-52,54-57,59-60,62-64H,3-4,6,8-10,12,14-16,18,20-21,25,28-29,31-35,37,39-43,45,47-49H2,1-2H3,(H,58,61)/b7-5-,13-11-,19-17-,24-23-,27-26-,30-22+,38-36+,46-44+. The molecule has 0 aromatic heterocycles. The van der Waals surface area contributed by atoms with Gasteiger partial charge < -0.3 is 40.3 Å². The van der Waals surface area contributed by atoms with Crippen LogP contribution in [-0.2, 0) is 14.3 Å². The van der Waals surface area contributed by atoms with Gasteiger partial charge in [0.15, 0.2) is 6.29 Å². The monoisotopic (exact) mass is 924 g/mol. The SMILES string of the molecule is CC/C=C\C/C=C\C/C=C\C/C=C\C/C=C\CCCCCCCCCCCC(=O)NC(COC1OC(CO)C(O)C(O)C1O)C(O)/C=C/CC/C=C/CC/C=C/CCCCCCCCCC. The first-order valence-electron chi connectivity index (χ1n) is 26.5. The van der Waals surface area contributed by atoms with Crippen LogP contribution in [0.1, 0.15) is 200 Å². The van der Waals surface area contributed by atoms with E-state index in [0.29, 0.717) is 6.42 Å². The van der Waals surface area contributed by atoms with Crippen molar-refractivity contribution in [1.82, 2.24) is 5.32 Å². The summed E-state index contributed by atoms with van der Waals surface area (Å²) in [5.74, 6) is -0.202. The molecule has 1 rings (SSSR count). The second-order valence-corrected chi connectivity index (χ2v) is 17.9. The Morgan fingerprint density at radius 1 is 0.530 bits per heavy atom. The molecule has 7 unspecified atom stereocenters. The minimum atomic E-state index is -1.58. The van der Waals surface area contributed by atoms with E-state index in [-0.39, 0.29) is 12.5 Å². The van der Waals surface area contributed by atoms with Crippen LogP contribution in [0.25, 0.3) is 0 Å². The third-order valence-electron chi connectivity index (χ3n) is 11.9. The normalized spacial score (nSPS) is 20.6. The van der Waals surface area contributed by atoms with Crippen LogP contribution in [0.3, 0.4) is 0 Å². The molecule has 0 aliphatic carbocycles. The van der Waals surface area contributed by atoms with Gasteiger partial charge in [0.2, 0.25) is 5.91 Å². The molecule has 7 atom stereocenters. The molecule has 0 bridgehead atoms. The Kier molecular flexibility index (Phi) is 42.5. The summed E-state index contributed by atoms with van der Waals surface area (Å²) in [5.41, 5.74) is 0. The molecular weight excluding hydrogens is 827 g/mol. The van der Waals surface area contributed by atoms with Gasteiger partial charge in [-0.2, -0.15) is 0 Å². The van der Waals surface area contributed by atoms with Crippen molar-refractivity contribution >= 4 is 5.91 Å². The highest BCUT2D eigenvalue weighted by Gasteiger charge is 2.44. The van der Waals surface area contributed by atoms with Gasteiger partial charge in [0.1, 0.15) is 24.4 Å². The van der Waals surface area contributed by atoms with E-state index >= 15 is 0 Å². The molecular formula is C57H97NO8. The Morgan fingerprint density at radius 3 is 1.45 bits per heavy atom. The minimum absolute atomic E-state index is 0.202. The lowest BCUT2D eigenvalue weighted by molar-refractivity contribution is -0.302. The molecule has 66 heavy (non-hydrogen) atoms. The second-order valence-electron chi connectivity index (χ2n) is 17.9. The Bertz CT molecular complexity index is 1350. The lowest BCUT2D eigenvalue weighted by atomic mass is 9.99. The maximum atomic E-state index is 13.0. The highest BCUT2D eigenvalue weighted by atomic mass is 16.7. The van der Waals surface area contributed by atoms with E-state index in [1.165, 1.54) is 83.5 Å². The van der Waals surface area contributed by atoms with Gasteiger partial charge in [-0.15, -0.1) is 0 Å². The fraction of sp³-hybridized carbons (Fsp3) is 0.702. The van der Waals surface area contributed by atoms with Crippen LogP contribution in [0.2, 0.25) is 0 Å². The summed E-state index contributed by atoms with van der Waals surface area (Å²) >= 11 is 0. The average Bonchev–Trinajstić information content (AvgIpc) is 3.32. The number of rotatable bonds is 43. The number of hydrogen-bond acceptors (Lipinski definition) is 8. The smallest absolute Gasteiger partial charge is 0.220 e. The van der Waals surface area contributed by atoms with Crippen molar-refractivity contribution in [1.29, 1.82) is 0 Å². The fourth-order valence-electron chi connectivity index (χ4n) is 7.68. The van der Waals surface area contributed by atoms with Gasteiger partial charge in [0, 0.05) is 6.42 Å². The van der Waals surface area contributed by atoms with Gasteiger partial charge in [-0.3, -0.25) is 4.79 Å². The zero-order chi connectivity index (χ0) is 48.0. The lowest BCUT2D eigenvalue weighted by Crippen LogP contribution is -2.60. The molecule has 1 fully saturated rings. The van der Waals surface area contributed by atoms with Crippen molar-refractivity contribution < 1.29 is 39.8 Å². The molecule has 1 saturated heterocycles. The van der Waals surface area contributed by atoms with Crippen LogP contribution in [0.5, 0.6) is 0 Å². The maximum Gasteiger partial charge on any atom is 0.220 e. The topological polar surface area (TPSA) is 149 Å². The molecule has 1 heterocycles. The molecule has 378 valence electrons. The van der Waals surface area contributed by atoms with E-state index in [1.807, 2.05) is 6.08 Å². The number of carbonyl (C=O) groups is 1. The molecule has 0 aromatic rings. The van der Waals surface area contributed by atoms with E-state index in [4.69, 9.17) is 9.47 Å². The molecule has 9 nitrogen and oxygen atoms in total. The van der Waals surface area contributed by atoms with Crippen LogP contribution >= 0.6 is 0 Å². The average molecular weight is 924 g/mol. The van der Waals surface area contributed by atoms with Gasteiger partial charge in [-0.25, -0.2) is 0 Å². The van der Waals surface area contributed by atoms with Gasteiger partial charge in [-0.1, -0.05) is 201 Å². The highest BCUT2D eigenvalue weighted by molar-refractivity contribution is 5.76. The quantitative estimate of drug-likeness (QED) is 0.0262. The molecule has 1 amide bonds. The predicted molar refractivity (Wildman–Crippen MR) is 276 cm³/mol. The predicted octanol–water partition coefficient (Wildman–Crippen LogP) is 12.5. The van der Waals surface area contributed by atoms with Crippen molar-refractivity contribution in [3.8, 4) is 0 Å². The Hall–Kier alpha value is -2.89. The largest absolute Gasteiger partial charge is 0.394 e. The van der Waals surface area contributed by atoms with E-state index in [1.54, 1.807) is 6.08 Å². The van der Waals surface area contributed by atoms with E-state index in [2.05, 4.69) is 104 Å². The molecule has 6 N–H and O–H groups in total. The number of carbonyl (C=O) groups excluding carboxylic acids is 1. The molecule has 1 aliphatic rings. The summed E-state index contributed by atoms with van der Waals surface area (Å²) < 4.78 is 11.2. The number of nitrogens with one attached hydrogen (secondary N) is 1. The summed E-state index contributed by atoms with van der Waals surface area (Å²) in [6, 6.07) is -0.838. The summed E-state index contributed by atoms with van der Waals surface area (Å²) in [6.07, 6.45) is 58.8. The van der Waals surface area contributed by atoms with Gasteiger partial charge >= 0.3 is 0 Å². The summed E-state index contributed by atoms with van der Waals surface area (Å²) in [5, 5.41) is 54.4. The number of aliphatic hydroxyl groups excluding tert-OH is 5. The number of amides is 1. The zero-order valence-electron chi connectivity index (χ0n) is 41.7. The van der Waals surface area contributed by atoms with E-state index < -0.39 is 49.5 Å². The van der Waals surface area contributed by atoms with Crippen molar-refractivity contribution in [2.75, 3.05) is 13.2 Å². The van der Waals surface area contributed by atoms with Gasteiger partial charge in [0.05, 0.1) is 25.4 Å². The lowest BCUT2D eigenvalue weighted by Gasteiger charge is -2.40. The molecule has 0 saturated carbocycles. The maximum absolute atomic E-state index is 13.0. The van der Waals surface area contributed by atoms with Crippen LogP contribution in [0.15, 0.2) is 97.2 Å². The summed E-state index contributed by atoms with van der Waals surface area (Å²) in [6.45, 7) is 3.62. The van der Waals surface area contributed by atoms with Crippen LogP contribution in [-0.4, -0.2) is 87.5 Å². The number of unbranched alkanes of at least 4 members (excludes halogenated alkanes) is 19. The molecule has 0 aromatic carbocycles. The van der Waals surface area contributed by atoms with Crippen molar-refractivity contribution in [3.05, 3.63) is 97.2 Å². The first kappa shape index (κ1) is 61.1. The molecule has 0 radical (unpaired) electrons. The molecule has 0 spiro atoms. The third kappa shape index (κ3) is 35.3. The van der Waals surface area contributed by atoms with Crippen LogP contribution in [0, 0.1) is 0 Å². The zero-order valence-corrected chi connectivity index (χ0v) is 41.7. The fourth-order valence-corrected chi connectivity index (χ4v) is 7.68. The summed E-state index contributed by atoms with van der Waals surface area (Å²) in [7, 11) is 0. The first-order valence-corrected chi connectivity index (χ1v) is 26.5. The van der Waals surface area contributed by atoms with Gasteiger partial charge in [-0.05, 0) is 89.9 Å². The number of allylic oxidation sites excluding steroid dienone is 15. The Balaban J connectivity index is 2.31. The van der Waals surface area contributed by atoms with E-state index in [0.717, 1.165) is 96.3 Å². The Labute approximate surface area is 403 Å². The Morgan fingerprint density at radius 2 is 0.955 bits per heavy atom. The minimum Gasteiger partial charge on any atom is -0.394 e. The summed E-state index contributed by atoms with van der Waals surface area (Å²) in [4.78, 5) is 13.0. The van der Waals surface area contributed by atoms with Crippen molar-refractivity contribution in [3.63, 3.8) is 0 Å². The number of ether oxygens (including phenoxy) is 2.